The average molecular weight is 522 g/mol. The van der Waals surface area contributed by atoms with E-state index in [1.165, 1.54) is 26.0 Å². The van der Waals surface area contributed by atoms with Crippen LogP contribution < -0.4 is 9.47 Å². The van der Waals surface area contributed by atoms with E-state index in [9.17, 15) is 14.4 Å². The second-order valence-corrected chi connectivity index (χ2v) is 7.78. The van der Waals surface area contributed by atoms with E-state index in [0.717, 1.165) is 10.0 Å². The van der Waals surface area contributed by atoms with Gasteiger partial charge in [-0.1, -0.05) is 28.1 Å². The maximum Gasteiger partial charge on any atom is 0.343 e. The number of hydrogen-bond acceptors (Lipinski definition) is 6. The van der Waals surface area contributed by atoms with Crippen molar-refractivity contribution in [3.8, 4) is 11.5 Å². The molecule has 2 aromatic rings. The Hall–Kier alpha value is -2.71. The van der Waals surface area contributed by atoms with Gasteiger partial charge in [-0.25, -0.2) is 4.79 Å². The normalized spacial score (nSPS) is 14.4. The Bertz CT molecular complexity index is 1070. The molecule has 0 N–H and O–H groups in total. The fourth-order valence-electron chi connectivity index (χ4n) is 2.55. The van der Waals surface area contributed by atoms with Gasteiger partial charge in [-0.05, 0) is 46.3 Å². The lowest BCUT2D eigenvalue weighted by Gasteiger charge is -2.11. The first-order valence-electron chi connectivity index (χ1n) is 8.35. The molecule has 3 rings (SSSR count). The van der Waals surface area contributed by atoms with Gasteiger partial charge in [-0.3, -0.25) is 9.59 Å². The Labute approximate surface area is 183 Å². The SMILES string of the molecule is CC(=O)Oc1cc(OC(C)=O)c(/C=C2\C=C(c3ccc(Br)cc3)OC2=O)cc1Br. The summed E-state index contributed by atoms with van der Waals surface area (Å²) in [4.78, 5) is 35.1. The molecule has 0 spiro atoms. The highest BCUT2D eigenvalue weighted by Gasteiger charge is 2.23. The minimum atomic E-state index is -0.555. The molecule has 2 aromatic carbocycles. The lowest BCUT2D eigenvalue weighted by atomic mass is 10.1. The van der Waals surface area contributed by atoms with Gasteiger partial charge < -0.3 is 14.2 Å². The number of cyclic esters (lactones) is 1. The molecule has 29 heavy (non-hydrogen) atoms. The molecule has 0 aromatic heterocycles. The van der Waals surface area contributed by atoms with Crippen molar-refractivity contribution < 1.29 is 28.6 Å². The van der Waals surface area contributed by atoms with E-state index < -0.39 is 17.9 Å². The van der Waals surface area contributed by atoms with Gasteiger partial charge in [0.25, 0.3) is 0 Å². The van der Waals surface area contributed by atoms with Crippen LogP contribution in [0.1, 0.15) is 25.0 Å². The summed E-state index contributed by atoms with van der Waals surface area (Å²) in [6.45, 7) is 2.51. The summed E-state index contributed by atoms with van der Waals surface area (Å²) in [6, 6.07) is 10.3. The second-order valence-electron chi connectivity index (χ2n) is 6.01. The van der Waals surface area contributed by atoms with Crippen LogP contribution in [-0.4, -0.2) is 17.9 Å². The molecule has 6 nitrogen and oxygen atoms in total. The van der Waals surface area contributed by atoms with Crippen LogP contribution in [0.3, 0.4) is 0 Å². The lowest BCUT2D eigenvalue weighted by Crippen LogP contribution is -2.06. The van der Waals surface area contributed by atoms with E-state index in [4.69, 9.17) is 14.2 Å². The Kier molecular flexibility index (Phi) is 6.34. The van der Waals surface area contributed by atoms with Crippen molar-refractivity contribution >= 4 is 61.6 Å². The number of halogens is 2. The van der Waals surface area contributed by atoms with E-state index in [2.05, 4.69) is 31.9 Å². The van der Waals surface area contributed by atoms with Crippen molar-refractivity contribution in [3.63, 3.8) is 0 Å². The summed E-state index contributed by atoms with van der Waals surface area (Å²) in [6.07, 6.45) is 3.14. The molecule has 0 radical (unpaired) electrons. The van der Waals surface area contributed by atoms with Gasteiger partial charge in [0.05, 0.1) is 10.0 Å². The largest absolute Gasteiger partial charge is 0.426 e. The van der Waals surface area contributed by atoms with Crippen molar-refractivity contribution in [1.29, 1.82) is 0 Å². The predicted molar refractivity (Wildman–Crippen MR) is 113 cm³/mol. The molecule has 1 heterocycles. The van der Waals surface area contributed by atoms with Crippen LogP contribution in [-0.2, 0) is 19.1 Å². The molecule has 8 heteroatoms. The Morgan fingerprint density at radius 3 is 2.21 bits per heavy atom. The molecule has 0 saturated carbocycles. The zero-order chi connectivity index (χ0) is 21.1. The summed E-state index contributed by atoms with van der Waals surface area (Å²) >= 11 is 6.67. The molecule has 0 aliphatic carbocycles. The molecule has 1 aliphatic heterocycles. The molecular formula is C21H14Br2O6. The van der Waals surface area contributed by atoms with Crippen molar-refractivity contribution in [1.82, 2.24) is 0 Å². The van der Waals surface area contributed by atoms with E-state index in [1.54, 1.807) is 12.1 Å². The van der Waals surface area contributed by atoms with Gasteiger partial charge in [-0.15, -0.1) is 0 Å². The number of hydrogen-bond donors (Lipinski definition) is 0. The van der Waals surface area contributed by atoms with Gasteiger partial charge in [0.15, 0.2) is 0 Å². The Morgan fingerprint density at radius 2 is 1.59 bits per heavy atom. The van der Waals surface area contributed by atoms with Crippen LogP contribution in [0.15, 0.2) is 57.0 Å². The molecule has 0 bridgehead atoms. The zero-order valence-electron chi connectivity index (χ0n) is 15.3. The number of carbonyl (C=O) groups is 3. The minimum absolute atomic E-state index is 0.141. The first-order valence-corrected chi connectivity index (χ1v) is 9.93. The molecule has 0 fully saturated rings. The number of ether oxygens (including phenoxy) is 3. The summed E-state index contributed by atoms with van der Waals surface area (Å²) in [5.41, 5.74) is 1.46. The number of carbonyl (C=O) groups excluding carboxylic acids is 3. The smallest absolute Gasteiger partial charge is 0.343 e. The van der Waals surface area contributed by atoms with Crippen LogP contribution in [0.4, 0.5) is 0 Å². The van der Waals surface area contributed by atoms with E-state index in [-0.39, 0.29) is 17.1 Å². The van der Waals surface area contributed by atoms with Crippen molar-refractivity contribution in [3.05, 3.63) is 68.1 Å². The highest BCUT2D eigenvalue weighted by Crippen LogP contribution is 2.36. The molecule has 0 saturated heterocycles. The first-order chi connectivity index (χ1) is 13.7. The first kappa shape index (κ1) is 21.0. The van der Waals surface area contributed by atoms with Gasteiger partial charge in [0.2, 0.25) is 0 Å². The maximum absolute atomic E-state index is 12.3. The topological polar surface area (TPSA) is 78.9 Å². The van der Waals surface area contributed by atoms with Gasteiger partial charge >= 0.3 is 17.9 Å². The van der Waals surface area contributed by atoms with Crippen LogP contribution in [0, 0.1) is 0 Å². The second kappa shape index (κ2) is 8.75. The fourth-order valence-corrected chi connectivity index (χ4v) is 3.26. The Morgan fingerprint density at radius 1 is 0.966 bits per heavy atom. The van der Waals surface area contributed by atoms with E-state index in [1.807, 2.05) is 24.3 Å². The fraction of sp³-hybridized carbons (Fsp3) is 0.0952. The van der Waals surface area contributed by atoms with Crippen molar-refractivity contribution in [2.24, 2.45) is 0 Å². The minimum Gasteiger partial charge on any atom is -0.426 e. The summed E-state index contributed by atoms with van der Waals surface area (Å²) in [7, 11) is 0. The highest BCUT2D eigenvalue weighted by atomic mass is 79.9. The molecule has 1 aliphatic rings. The van der Waals surface area contributed by atoms with Gasteiger partial charge in [-0.2, -0.15) is 0 Å². The highest BCUT2D eigenvalue weighted by molar-refractivity contribution is 9.10. The zero-order valence-corrected chi connectivity index (χ0v) is 18.5. The molecule has 0 unspecified atom stereocenters. The molecule has 0 amide bonds. The lowest BCUT2D eigenvalue weighted by molar-refractivity contribution is -0.132. The summed E-state index contributed by atoms with van der Waals surface area (Å²) < 4.78 is 17.0. The quantitative estimate of drug-likeness (QED) is 0.318. The third-order valence-electron chi connectivity index (χ3n) is 3.74. The predicted octanol–water partition coefficient (Wildman–Crippen LogP) is 5.04. The molecule has 0 atom stereocenters. The Balaban J connectivity index is 2.02. The number of benzene rings is 2. The monoisotopic (exact) mass is 520 g/mol. The standard InChI is InChI=1S/C21H14Br2O6/c1-11(24)27-19-10-20(28-12(2)25)17(23)8-14(19)7-15-9-18(29-21(15)26)13-3-5-16(22)6-4-13/h3-10H,1-2H3/b15-7+. The number of rotatable bonds is 4. The van der Waals surface area contributed by atoms with Crippen LogP contribution >= 0.6 is 31.9 Å². The van der Waals surface area contributed by atoms with Crippen molar-refractivity contribution in [2.45, 2.75) is 13.8 Å². The summed E-state index contributed by atoms with van der Waals surface area (Å²) in [5, 5.41) is 0. The number of esters is 3. The third-order valence-corrected chi connectivity index (χ3v) is 4.88. The third kappa shape index (κ3) is 5.21. The van der Waals surface area contributed by atoms with Crippen molar-refractivity contribution in [2.75, 3.05) is 0 Å². The summed E-state index contributed by atoms with van der Waals surface area (Å²) in [5.74, 6) is -0.859. The van der Waals surface area contributed by atoms with Crippen LogP contribution in [0.5, 0.6) is 11.5 Å². The van der Waals surface area contributed by atoms with Gasteiger partial charge in [0.1, 0.15) is 17.3 Å². The maximum atomic E-state index is 12.3. The van der Waals surface area contributed by atoms with E-state index in [0.29, 0.717) is 15.8 Å². The van der Waals surface area contributed by atoms with E-state index >= 15 is 0 Å². The molecule has 148 valence electrons. The molecular weight excluding hydrogens is 508 g/mol. The average Bonchev–Trinajstić information content (AvgIpc) is 2.99. The van der Waals surface area contributed by atoms with Crippen LogP contribution in [0.25, 0.3) is 11.8 Å². The van der Waals surface area contributed by atoms with Gasteiger partial charge in [0, 0.05) is 35.5 Å². The van der Waals surface area contributed by atoms with Crippen LogP contribution in [0.2, 0.25) is 0 Å².